The van der Waals surface area contributed by atoms with Gasteiger partial charge in [-0.2, -0.15) is 0 Å². The summed E-state index contributed by atoms with van der Waals surface area (Å²) >= 11 is 5.83. The highest BCUT2D eigenvalue weighted by Gasteiger charge is 2.31. The Morgan fingerprint density at radius 1 is 1.11 bits per heavy atom. The lowest BCUT2D eigenvalue weighted by Gasteiger charge is -2.30. The van der Waals surface area contributed by atoms with Crippen LogP contribution in [0.1, 0.15) is 24.0 Å². The fourth-order valence-electron chi connectivity index (χ4n) is 3.25. The van der Waals surface area contributed by atoms with Crippen LogP contribution >= 0.6 is 11.6 Å². The lowest BCUT2D eigenvalue weighted by atomic mass is 9.97. The van der Waals surface area contributed by atoms with Crippen LogP contribution in [0, 0.1) is 11.7 Å². The molecule has 2 aromatic carbocycles. The van der Waals surface area contributed by atoms with E-state index in [1.165, 1.54) is 10.4 Å². The average Bonchev–Trinajstić information content (AvgIpc) is 2.69. The molecule has 0 aromatic heterocycles. The van der Waals surface area contributed by atoms with Gasteiger partial charge in [0.1, 0.15) is 5.82 Å². The summed E-state index contributed by atoms with van der Waals surface area (Å²) in [4.78, 5) is 12.3. The molecular weight excluding hydrogens is 403 g/mol. The average molecular weight is 425 g/mol. The van der Waals surface area contributed by atoms with Gasteiger partial charge >= 0.3 is 0 Å². The first kappa shape index (κ1) is 20.8. The number of carbonyl (C=O) groups excluding carboxylic acids is 1. The van der Waals surface area contributed by atoms with Crippen molar-refractivity contribution < 1.29 is 17.6 Å². The molecule has 0 unspecified atom stereocenters. The van der Waals surface area contributed by atoms with Crippen molar-refractivity contribution in [3.8, 4) is 0 Å². The molecule has 1 aliphatic rings. The van der Waals surface area contributed by atoms with Crippen molar-refractivity contribution in [1.82, 2.24) is 9.62 Å². The van der Waals surface area contributed by atoms with Gasteiger partial charge in [-0.3, -0.25) is 4.79 Å². The molecule has 150 valence electrons. The number of halogens is 2. The molecule has 0 saturated carbocycles. The van der Waals surface area contributed by atoms with E-state index in [1.807, 2.05) is 0 Å². The Morgan fingerprint density at radius 2 is 1.75 bits per heavy atom. The molecule has 28 heavy (non-hydrogen) atoms. The predicted octanol–water partition coefficient (Wildman–Crippen LogP) is 3.34. The number of nitrogens with zero attached hydrogens (tertiary/aromatic N) is 1. The fraction of sp³-hybridized carbons (Fsp3) is 0.350. The Morgan fingerprint density at radius 3 is 2.39 bits per heavy atom. The number of nitrogens with one attached hydrogen (secondary N) is 1. The zero-order valence-corrected chi connectivity index (χ0v) is 16.8. The minimum Gasteiger partial charge on any atom is -0.352 e. The largest absolute Gasteiger partial charge is 0.352 e. The second-order valence-electron chi connectivity index (χ2n) is 6.87. The molecule has 0 aliphatic carbocycles. The number of piperidine rings is 1. The molecule has 0 atom stereocenters. The van der Waals surface area contributed by atoms with Crippen molar-refractivity contribution in [3.05, 3.63) is 70.5 Å². The Kier molecular flexibility index (Phi) is 6.69. The molecule has 1 heterocycles. The van der Waals surface area contributed by atoms with Crippen LogP contribution in [-0.2, 0) is 27.1 Å². The van der Waals surface area contributed by atoms with Gasteiger partial charge < -0.3 is 5.32 Å². The maximum Gasteiger partial charge on any atom is 0.223 e. The van der Waals surface area contributed by atoms with E-state index in [4.69, 9.17) is 11.6 Å². The van der Waals surface area contributed by atoms with Crippen LogP contribution in [0.25, 0.3) is 0 Å². The van der Waals surface area contributed by atoms with E-state index in [-0.39, 0.29) is 29.9 Å². The van der Waals surface area contributed by atoms with E-state index < -0.39 is 10.0 Å². The number of hydrogen-bond acceptors (Lipinski definition) is 3. The molecule has 1 N–H and O–H groups in total. The summed E-state index contributed by atoms with van der Waals surface area (Å²) in [7, 11) is -3.45. The third-order valence-electron chi connectivity index (χ3n) is 4.89. The standard InChI is InChI=1S/C20H22ClFN2O3S/c21-18-7-5-15(6-8-18)14-28(26,27)24-11-9-16(10-12-24)20(25)23-13-17-3-1-2-4-19(17)22/h1-8,16H,9-14H2,(H,23,25). The molecule has 8 heteroatoms. The monoisotopic (exact) mass is 424 g/mol. The topological polar surface area (TPSA) is 66.5 Å². The highest BCUT2D eigenvalue weighted by Crippen LogP contribution is 2.22. The van der Waals surface area contributed by atoms with Gasteiger partial charge in [-0.15, -0.1) is 0 Å². The van der Waals surface area contributed by atoms with E-state index in [1.54, 1.807) is 42.5 Å². The molecule has 0 radical (unpaired) electrons. The molecule has 1 fully saturated rings. The van der Waals surface area contributed by atoms with Gasteiger partial charge in [0, 0.05) is 36.1 Å². The maximum atomic E-state index is 13.6. The fourth-order valence-corrected chi connectivity index (χ4v) is 4.94. The Bertz CT molecular complexity index is 927. The summed E-state index contributed by atoms with van der Waals surface area (Å²) in [5.41, 5.74) is 1.10. The molecule has 3 rings (SSSR count). The smallest absolute Gasteiger partial charge is 0.223 e. The second kappa shape index (κ2) is 9.03. The Balaban J connectivity index is 1.51. The Labute approximate surface area is 169 Å². The lowest BCUT2D eigenvalue weighted by Crippen LogP contribution is -2.43. The van der Waals surface area contributed by atoms with Crippen LogP contribution < -0.4 is 5.32 Å². The van der Waals surface area contributed by atoms with E-state index in [9.17, 15) is 17.6 Å². The number of sulfonamides is 1. The molecule has 0 bridgehead atoms. The third-order valence-corrected chi connectivity index (χ3v) is 6.99. The lowest BCUT2D eigenvalue weighted by molar-refractivity contribution is -0.126. The SMILES string of the molecule is O=C(NCc1ccccc1F)C1CCN(S(=O)(=O)Cc2ccc(Cl)cc2)CC1. The van der Waals surface area contributed by atoms with Gasteiger partial charge in [-0.25, -0.2) is 17.1 Å². The van der Waals surface area contributed by atoms with Gasteiger partial charge in [-0.05, 0) is 36.6 Å². The van der Waals surface area contributed by atoms with E-state index >= 15 is 0 Å². The van der Waals surface area contributed by atoms with E-state index in [0.717, 1.165) is 0 Å². The molecule has 2 aromatic rings. The maximum absolute atomic E-state index is 13.6. The number of hydrogen-bond donors (Lipinski definition) is 1. The van der Waals surface area contributed by atoms with Gasteiger partial charge in [0.15, 0.2) is 0 Å². The van der Waals surface area contributed by atoms with Crippen molar-refractivity contribution in [2.24, 2.45) is 5.92 Å². The van der Waals surface area contributed by atoms with Gasteiger partial charge in [0.05, 0.1) is 5.75 Å². The first-order valence-corrected chi connectivity index (χ1v) is 11.1. The van der Waals surface area contributed by atoms with Crippen molar-refractivity contribution in [3.63, 3.8) is 0 Å². The molecule has 1 amide bonds. The third kappa shape index (κ3) is 5.31. The highest BCUT2D eigenvalue weighted by atomic mass is 35.5. The number of benzene rings is 2. The van der Waals surface area contributed by atoms with Crippen molar-refractivity contribution in [1.29, 1.82) is 0 Å². The number of amides is 1. The number of rotatable bonds is 6. The van der Waals surface area contributed by atoms with Crippen molar-refractivity contribution in [2.45, 2.75) is 25.1 Å². The van der Waals surface area contributed by atoms with Crippen molar-refractivity contribution >= 4 is 27.5 Å². The normalized spacial score (nSPS) is 16.1. The van der Waals surface area contributed by atoms with Crippen LogP contribution in [0.4, 0.5) is 4.39 Å². The first-order valence-electron chi connectivity index (χ1n) is 9.08. The van der Waals surface area contributed by atoms with Crippen molar-refractivity contribution in [2.75, 3.05) is 13.1 Å². The molecule has 0 spiro atoms. The summed E-state index contributed by atoms with van der Waals surface area (Å²) in [6.07, 6.45) is 0.895. The van der Waals surface area contributed by atoms with Crippen LogP contribution in [0.2, 0.25) is 5.02 Å². The molecule has 5 nitrogen and oxygen atoms in total. The van der Waals surface area contributed by atoms with Gasteiger partial charge in [-0.1, -0.05) is 41.9 Å². The quantitative estimate of drug-likeness (QED) is 0.773. The predicted molar refractivity (Wildman–Crippen MR) is 107 cm³/mol. The van der Waals surface area contributed by atoms with Crippen LogP contribution in [0.5, 0.6) is 0 Å². The summed E-state index contributed by atoms with van der Waals surface area (Å²) in [5.74, 6) is -0.883. The minimum absolute atomic E-state index is 0.0890. The minimum atomic E-state index is -3.45. The molecule has 1 aliphatic heterocycles. The second-order valence-corrected chi connectivity index (χ2v) is 9.27. The summed E-state index contributed by atoms with van der Waals surface area (Å²) in [5, 5.41) is 3.31. The molecular formula is C20H22ClFN2O3S. The summed E-state index contributed by atoms with van der Waals surface area (Å²) in [6, 6.07) is 13.0. The highest BCUT2D eigenvalue weighted by molar-refractivity contribution is 7.88. The summed E-state index contributed by atoms with van der Waals surface area (Å²) in [6.45, 7) is 0.724. The van der Waals surface area contributed by atoms with Crippen LogP contribution in [0.3, 0.4) is 0 Å². The number of carbonyl (C=O) groups is 1. The van der Waals surface area contributed by atoms with E-state index in [2.05, 4.69) is 5.32 Å². The van der Waals surface area contributed by atoms with Gasteiger partial charge in [0.25, 0.3) is 0 Å². The molecule has 1 saturated heterocycles. The first-order chi connectivity index (χ1) is 13.3. The van der Waals surface area contributed by atoms with Gasteiger partial charge in [0.2, 0.25) is 15.9 Å². The van der Waals surface area contributed by atoms with Crippen LogP contribution in [0.15, 0.2) is 48.5 Å². The Hall–Kier alpha value is -1.96. The summed E-state index contributed by atoms with van der Waals surface area (Å²) < 4.78 is 40.3. The van der Waals surface area contributed by atoms with Crippen LogP contribution in [-0.4, -0.2) is 31.7 Å². The zero-order chi connectivity index (χ0) is 20.1. The van der Waals surface area contributed by atoms with E-state index in [0.29, 0.717) is 42.1 Å². The zero-order valence-electron chi connectivity index (χ0n) is 15.3.